The Morgan fingerprint density at radius 3 is 2.32 bits per heavy atom. The molecule has 0 heterocycles. The standard InChI is InChI=1S/C23H30O8/c1-16(24)8-7-11-22(27)30-17(2)14-23(28)31-18(3)20(12-13-21(25)26)29-15-19-9-5-4-6-10-19/h4-7,9-13,16-18,20,24H,8,14-15H2,1-3H3,(H,25,26)/b11-7+,13-12+/t16-,17-,18-,20+/m0/s1. The molecule has 0 bridgehead atoms. The Morgan fingerprint density at radius 2 is 1.71 bits per heavy atom. The fourth-order valence-corrected chi connectivity index (χ4v) is 2.49. The van der Waals surface area contributed by atoms with Crippen LogP contribution >= 0.6 is 0 Å². The Kier molecular flexibility index (Phi) is 11.9. The monoisotopic (exact) mass is 434 g/mol. The number of carboxylic acid groups (broad SMARTS) is 1. The first-order chi connectivity index (χ1) is 14.7. The number of aliphatic hydroxyl groups excluding tert-OH is 1. The van der Waals surface area contributed by atoms with Crippen LogP contribution in [-0.4, -0.2) is 52.5 Å². The molecule has 31 heavy (non-hydrogen) atoms. The van der Waals surface area contributed by atoms with Crippen LogP contribution in [0.25, 0.3) is 0 Å². The van der Waals surface area contributed by atoms with Gasteiger partial charge in [0, 0.05) is 12.2 Å². The molecule has 0 aromatic heterocycles. The maximum Gasteiger partial charge on any atom is 0.330 e. The first kappa shape index (κ1) is 26.1. The van der Waals surface area contributed by atoms with Crippen LogP contribution < -0.4 is 0 Å². The molecule has 1 aromatic carbocycles. The van der Waals surface area contributed by atoms with Crippen LogP contribution in [0.5, 0.6) is 0 Å². The minimum atomic E-state index is -1.14. The molecule has 1 aromatic rings. The van der Waals surface area contributed by atoms with Gasteiger partial charge in [-0.05, 0) is 38.8 Å². The maximum absolute atomic E-state index is 12.2. The molecule has 8 heteroatoms. The van der Waals surface area contributed by atoms with E-state index in [2.05, 4.69) is 0 Å². The molecule has 0 radical (unpaired) electrons. The number of benzene rings is 1. The average molecular weight is 434 g/mol. The number of ether oxygens (including phenoxy) is 3. The number of aliphatic carboxylic acids is 1. The summed E-state index contributed by atoms with van der Waals surface area (Å²) in [4.78, 5) is 34.8. The van der Waals surface area contributed by atoms with E-state index in [0.29, 0.717) is 6.42 Å². The number of aliphatic hydroxyl groups is 1. The summed E-state index contributed by atoms with van der Waals surface area (Å²) in [5, 5.41) is 18.0. The predicted molar refractivity (Wildman–Crippen MR) is 113 cm³/mol. The lowest BCUT2D eigenvalue weighted by Crippen LogP contribution is -2.31. The molecule has 0 saturated heterocycles. The largest absolute Gasteiger partial charge is 0.478 e. The molecule has 0 fully saturated rings. The van der Waals surface area contributed by atoms with Crippen molar-refractivity contribution in [2.75, 3.05) is 0 Å². The number of hydrogen-bond acceptors (Lipinski definition) is 7. The molecule has 2 N–H and O–H groups in total. The summed E-state index contributed by atoms with van der Waals surface area (Å²) in [6, 6.07) is 9.30. The SMILES string of the molecule is C[C@H](O)C/C=C/C(=O)O[C@@H](C)CC(=O)O[C@@H](C)[C@@H](/C=C/C(=O)O)OCc1ccccc1. The summed E-state index contributed by atoms with van der Waals surface area (Å²) in [6.45, 7) is 4.96. The van der Waals surface area contributed by atoms with E-state index in [1.807, 2.05) is 30.3 Å². The fourth-order valence-electron chi connectivity index (χ4n) is 2.49. The Balaban J connectivity index is 2.58. The molecule has 0 spiro atoms. The highest BCUT2D eigenvalue weighted by molar-refractivity contribution is 5.82. The van der Waals surface area contributed by atoms with E-state index >= 15 is 0 Å². The topological polar surface area (TPSA) is 119 Å². The zero-order chi connectivity index (χ0) is 23.2. The predicted octanol–water partition coefficient (Wildman–Crippen LogP) is 2.79. The zero-order valence-corrected chi connectivity index (χ0v) is 18.0. The summed E-state index contributed by atoms with van der Waals surface area (Å²) in [5.74, 6) is -2.38. The quantitative estimate of drug-likeness (QED) is 0.359. The van der Waals surface area contributed by atoms with Crippen LogP contribution in [0, 0.1) is 0 Å². The number of rotatable bonds is 13. The van der Waals surface area contributed by atoms with Gasteiger partial charge in [-0.1, -0.05) is 36.4 Å². The van der Waals surface area contributed by atoms with Gasteiger partial charge in [-0.15, -0.1) is 0 Å². The van der Waals surface area contributed by atoms with Crippen molar-refractivity contribution in [3.63, 3.8) is 0 Å². The van der Waals surface area contributed by atoms with Crippen LogP contribution in [-0.2, 0) is 35.2 Å². The van der Waals surface area contributed by atoms with Gasteiger partial charge in [0.05, 0.1) is 19.1 Å². The van der Waals surface area contributed by atoms with E-state index in [4.69, 9.17) is 24.4 Å². The molecule has 0 aliphatic heterocycles. The van der Waals surface area contributed by atoms with Crippen LogP contribution in [0.2, 0.25) is 0 Å². The van der Waals surface area contributed by atoms with Crippen molar-refractivity contribution in [3.8, 4) is 0 Å². The van der Waals surface area contributed by atoms with Crippen molar-refractivity contribution in [2.45, 2.75) is 64.6 Å². The Hall–Kier alpha value is -2.97. The minimum Gasteiger partial charge on any atom is -0.478 e. The van der Waals surface area contributed by atoms with Crippen LogP contribution in [0.4, 0.5) is 0 Å². The molecule has 0 amide bonds. The highest BCUT2D eigenvalue weighted by Gasteiger charge is 2.22. The highest BCUT2D eigenvalue weighted by Crippen LogP contribution is 2.12. The molecular weight excluding hydrogens is 404 g/mol. The normalized spacial score (nSPS) is 15.4. The van der Waals surface area contributed by atoms with E-state index < -0.39 is 42.3 Å². The number of carbonyl (C=O) groups excluding carboxylic acids is 2. The lowest BCUT2D eigenvalue weighted by molar-refractivity contribution is -0.159. The summed E-state index contributed by atoms with van der Waals surface area (Å²) in [6.07, 6.45) is 2.26. The number of hydrogen-bond donors (Lipinski definition) is 2. The summed E-state index contributed by atoms with van der Waals surface area (Å²) < 4.78 is 16.2. The van der Waals surface area contributed by atoms with Crippen molar-refractivity contribution >= 4 is 17.9 Å². The van der Waals surface area contributed by atoms with Crippen LogP contribution in [0.15, 0.2) is 54.6 Å². The first-order valence-electron chi connectivity index (χ1n) is 9.98. The fraction of sp³-hybridized carbons (Fsp3) is 0.435. The van der Waals surface area contributed by atoms with E-state index in [1.165, 1.54) is 18.2 Å². The Morgan fingerprint density at radius 1 is 1.03 bits per heavy atom. The van der Waals surface area contributed by atoms with Gasteiger partial charge in [-0.3, -0.25) is 4.79 Å². The second kappa shape index (κ2) is 14.1. The van der Waals surface area contributed by atoms with Gasteiger partial charge in [0.2, 0.25) is 0 Å². The highest BCUT2D eigenvalue weighted by atomic mass is 16.6. The number of carboxylic acids is 1. The lowest BCUT2D eigenvalue weighted by Gasteiger charge is -2.22. The number of esters is 2. The minimum absolute atomic E-state index is 0.172. The van der Waals surface area contributed by atoms with Gasteiger partial charge in [-0.25, -0.2) is 9.59 Å². The molecule has 170 valence electrons. The molecule has 8 nitrogen and oxygen atoms in total. The van der Waals surface area contributed by atoms with Crippen LogP contribution in [0.1, 0.15) is 39.2 Å². The average Bonchev–Trinajstić information content (AvgIpc) is 2.67. The Labute approximate surface area is 182 Å². The molecular formula is C23H30O8. The van der Waals surface area contributed by atoms with Crippen LogP contribution in [0.3, 0.4) is 0 Å². The van der Waals surface area contributed by atoms with Crippen molar-refractivity contribution in [1.82, 2.24) is 0 Å². The summed E-state index contributed by atoms with van der Waals surface area (Å²) in [5.41, 5.74) is 0.888. The van der Waals surface area contributed by atoms with Crippen molar-refractivity contribution in [1.29, 1.82) is 0 Å². The van der Waals surface area contributed by atoms with E-state index in [1.54, 1.807) is 20.8 Å². The van der Waals surface area contributed by atoms with Gasteiger partial charge in [0.25, 0.3) is 0 Å². The van der Waals surface area contributed by atoms with Gasteiger partial charge in [-0.2, -0.15) is 0 Å². The van der Waals surface area contributed by atoms with E-state index in [0.717, 1.165) is 11.6 Å². The lowest BCUT2D eigenvalue weighted by atomic mass is 10.2. The first-order valence-corrected chi connectivity index (χ1v) is 9.98. The van der Waals surface area contributed by atoms with Gasteiger partial charge >= 0.3 is 17.9 Å². The maximum atomic E-state index is 12.2. The summed E-state index contributed by atoms with van der Waals surface area (Å²) in [7, 11) is 0. The molecule has 4 atom stereocenters. The molecule has 1 rings (SSSR count). The Bertz CT molecular complexity index is 754. The molecule has 0 aliphatic rings. The second-order valence-corrected chi connectivity index (χ2v) is 7.09. The van der Waals surface area contributed by atoms with Crippen molar-refractivity contribution in [2.24, 2.45) is 0 Å². The number of carbonyl (C=O) groups is 3. The molecule has 0 saturated carbocycles. The zero-order valence-electron chi connectivity index (χ0n) is 18.0. The van der Waals surface area contributed by atoms with Gasteiger partial charge < -0.3 is 24.4 Å². The molecule has 0 unspecified atom stereocenters. The molecule has 0 aliphatic carbocycles. The van der Waals surface area contributed by atoms with Gasteiger partial charge in [0.15, 0.2) is 0 Å². The van der Waals surface area contributed by atoms with Gasteiger partial charge in [0.1, 0.15) is 18.3 Å². The third-order valence-electron chi connectivity index (χ3n) is 4.00. The van der Waals surface area contributed by atoms with Crippen molar-refractivity contribution in [3.05, 3.63) is 60.2 Å². The third kappa shape index (κ3) is 12.3. The third-order valence-corrected chi connectivity index (χ3v) is 4.00. The van der Waals surface area contributed by atoms with E-state index in [9.17, 15) is 14.4 Å². The van der Waals surface area contributed by atoms with E-state index in [-0.39, 0.29) is 13.0 Å². The summed E-state index contributed by atoms with van der Waals surface area (Å²) >= 11 is 0. The second-order valence-electron chi connectivity index (χ2n) is 7.09. The smallest absolute Gasteiger partial charge is 0.330 e. The van der Waals surface area contributed by atoms with Crippen molar-refractivity contribution < 1.29 is 38.8 Å².